The van der Waals surface area contributed by atoms with Crippen LogP contribution in [-0.2, 0) is 14.8 Å². The number of carbonyl (C=O) groups is 1. The van der Waals surface area contributed by atoms with Crippen LogP contribution in [-0.4, -0.2) is 25.0 Å². The predicted molar refractivity (Wildman–Crippen MR) is 74.8 cm³/mol. The molecule has 0 amide bonds. The molecule has 1 saturated carbocycles. The van der Waals surface area contributed by atoms with E-state index in [0.29, 0.717) is 12.8 Å². The summed E-state index contributed by atoms with van der Waals surface area (Å²) >= 11 is 0. The van der Waals surface area contributed by atoms with Crippen LogP contribution in [0.15, 0.2) is 29.2 Å². The molecule has 2 N–H and O–H groups in total. The molecular formula is C14H18FNO4S. The summed E-state index contributed by atoms with van der Waals surface area (Å²) in [5.74, 6) is -1.70. The zero-order valence-electron chi connectivity index (χ0n) is 11.5. The fourth-order valence-electron chi connectivity index (χ4n) is 2.62. The molecule has 0 atom stereocenters. The lowest BCUT2D eigenvalue weighted by atomic mass is 9.92. The SMILES string of the molecule is O=C(O)C1(NS(=O)(=O)c2ccc(F)cc2)CCCCCC1. The van der Waals surface area contributed by atoms with Gasteiger partial charge in [-0.25, -0.2) is 12.8 Å². The Morgan fingerprint density at radius 3 is 2.10 bits per heavy atom. The van der Waals surface area contributed by atoms with Crippen molar-refractivity contribution in [1.29, 1.82) is 0 Å². The van der Waals surface area contributed by atoms with Gasteiger partial charge in [0.25, 0.3) is 0 Å². The summed E-state index contributed by atoms with van der Waals surface area (Å²) in [6, 6.07) is 4.33. The van der Waals surface area contributed by atoms with Crippen LogP contribution in [0.2, 0.25) is 0 Å². The molecule has 1 aliphatic carbocycles. The summed E-state index contributed by atoms with van der Waals surface area (Å²) in [4.78, 5) is 11.5. The van der Waals surface area contributed by atoms with Crippen LogP contribution < -0.4 is 4.72 Å². The number of hydrogen-bond acceptors (Lipinski definition) is 3. The van der Waals surface area contributed by atoms with Crippen LogP contribution in [0.25, 0.3) is 0 Å². The maximum absolute atomic E-state index is 12.9. The third kappa shape index (κ3) is 3.59. The molecule has 0 unspecified atom stereocenters. The molecule has 7 heteroatoms. The summed E-state index contributed by atoms with van der Waals surface area (Å²) in [6.07, 6.45) is 3.66. The van der Waals surface area contributed by atoms with Gasteiger partial charge in [0, 0.05) is 0 Å². The number of carboxylic acids is 1. The number of nitrogens with one attached hydrogen (secondary N) is 1. The first kappa shape index (κ1) is 15.9. The highest BCUT2D eigenvalue weighted by Crippen LogP contribution is 2.29. The fourth-order valence-corrected chi connectivity index (χ4v) is 4.04. The van der Waals surface area contributed by atoms with E-state index in [4.69, 9.17) is 0 Å². The summed E-state index contributed by atoms with van der Waals surface area (Å²) in [7, 11) is -3.99. The van der Waals surface area contributed by atoms with E-state index in [9.17, 15) is 22.7 Å². The lowest BCUT2D eigenvalue weighted by molar-refractivity contribution is -0.144. The third-order valence-electron chi connectivity index (χ3n) is 3.82. The summed E-state index contributed by atoms with van der Waals surface area (Å²) in [6.45, 7) is 0. The fraction of sp³-hybridized carbons (Fsp3) is 0.500. The summed E-state index contributed by atoms with van der Waals surface area (Å²) < 4.78 is 39.9. The van der Waals surface area contributed by atoms with Crippen molar-refractivity contribution in [3.63, 3.8) is 0 Å². The average molecular weight is 315 g/mol. The van der Waals surface area contributed by atoms with Gasteiger partial charge in [0.1, 0.15) is 11.4 Å². The van der Waals surface area contributed by atoms with Gasteiger partial charge in [-0.1, -0.05) is 25.7 Å². The molecule has 0 spiro atoms. The van der Waals surface area contributed by atoms with Gasteiger partial charge >= 0.3 is 5.97 Å². The third-order valence-corrected chi connectivity index (χ3v) is 5.37. The first-order chi connectivity index (χ1) is 9.86. The maximum atomic E-state index is 12.9. The molecule has 0 aromatic heterocycles. The molecule has 5 nitrogen and oxygen atoms in total. The predicted octanol–water partition coefficient (Wildman–Crippen LogP) is 2.28. The lowest BCUT2D eigenvalue weighted by Crippen LogP contribution is -2.54. The number of sulfonamides is 1. The maximum Gasteiger partial charge on any atom is 0.324 e. The molecule has 0 heterocycles. The smallest absolute Gasteiger partial charge is 0.324 e. The van der Waals surface area contributed by atoms with Crippen molar-refractivity contribution in [2.45, 2.75) is 49.0 Å². The Kier molecular flexibility index (Phi) is 4.63. The van der Waals surface area contributed by atoms with Crippen molar-refractivity contribution in [2.75, 3.05) is 0 Å². The van der Waals surface area contributed by atoms with E-state index in [-0.39, 0.29) is 17.7 Å². The van der Waals surface area contributed by atoms with E-state index in [1.54, 1.807) is 0 Å². The highest BCUT2D eigenvalue weighted by atomic mass is 32.2. The zero-order valence-corrected chi connectivity index (χ0v) is 12.3. The number of halogens is 1. The van der Waals surface area contributed by atoms with Gasteiger partial charge in [-0.05, 0) is 37.1 Å². The Morgan fingerprint density at radius 2 is 1.62 bits per heavy atom. The van der Waals surface area contributed by atoms with Crippen molar-refractivity contribution in [1.82, 2.24) is 4.72 Å². The molecule has 2 rings (SSSR count). The molecule has 0 aliphatic heterocycles. The molecule has 1 aliphatic rings. The molecule has 0 saturated heterocycles. The van der Waals surface area contributed by atoms with E-state index in [0.717, 1.165) is 37.1 Å². The van der Waals surface area contributed by atoms with Gasteiger partial charge in [0.15, 0.2) is 0 Å². The van der Waals surface area contributed by atoms with E-state index in [1.165, 1.54) is 0 Å². The second-order valence-corrected chi connectivity index (χ2v) is 7.04. The molecule has 1 aromatic rings. The number of rotatable bonds is 4. The highest BCUT2D eigenvalue weighted by molar-refractivity contribution is 7.89. The highest BCUT2D eigenvalue weighted by Gasteiger charge is 2.42. The first-order valence-corrected chi connectivity index (χ1v) is 8.37. The zero-order chi connectivity index (χ0) is 15.5. The van der Waals surface area contributed by atoms with Crippen molar-refractivity contribution in [2.24, 2.45) is 0 Å². The van der Waals surface area contributed by atoms with E-state index >= 15 is 0 Å². The molecule has 21 heavy (non-hydrogen) atoms. The van der Waals surface area contributed by atoms with Crippen molar-refractivity contribution in [3.8, 4) is 0 Å². The van der Waals surface area contributed by atoms with Crippen LogP contribution in [0.1, 0.15) is 38.5 Å². The van der Waals surface area contributed by atoms with Gasteiger partial charge in [-0.2, -0.15) is 4.72 Å². The minimum atomic E-state index is -3.99. The second-order valence-electron chi connectivity index (χ2n) is 5.36. The Balaban J connectivity index is 2.31. The molecule has 1 fully saturated rings. The van der Waals surface area contributed by atoms with Gasteiger partial charge < -0.3 is 5.11 Å². The van der Waals surface area contributed by atoms with Crippen LogP contribution in [0, 0.1) is 5.82 Å². The largest absolute Gasteiger partial charge is 0.480 e. The van der Waals surface area contributed by atoms with E-state index in [2.05, 4.69) is 4.72 Å². The van der Waals surface area contributed by atoms with Gasteiger partial charge in [-0.15, -0.1) is 0 Å². The normalized spacial score (nSPS) is 18.9. The molecule has 1 aromatic carbocycles. The van der Waals surface area contributed by atoms with Crippen LogP contribution in [0.3, 0.4) is 0 Å². The van der Waals surface area contributed by atoms with Crippen molar-refractivity contribution < 1.29 is 22.7 Å². The monoisotopic (exact) mass is 315 g/mol. The Morgan fingerprint density at radius 1 is 1.10 bits per heavy atom. The Hall–Kier alpha value is -1.47. The van der Waals surface area contributed by atoms with E-state index in [1.807, 2.05) is 0 Å². The number of carboxylic acid groups (broad SMARTS) is 1. The average Bonchev–Trinajstić information content (AvgIpc) is 2.65. The molecule has 0 bridgehead atoms. The van der Waals surface area contributed by atoms with Crippen molar-refractivity contribution in [3.05, 3.63) is 30.1 Å². The van der Waals surface area contributed by atoms with E-state index < -0.39 is 27.3 Å². The second kappa shape index (κ2) is 6.11. The van der Waals surface area contributed by atoms with Crippen LogP contribution >= 0.6 is 0 Å². The quantitative estimate of drug-likeness (QED) is 0.835. The van der Waals surface area contributed by atoms with Gasteiger partial charge in [0.2, 0.25) is 10.0 Å². The Labute approximate surface area is 123 Å². The van der Waals surface area contributed by atoms with Crippen LogP contribution in [0.5, 0.6) is 0 Å². The summed E-state index contributed by atoms with van der Waals surface area (Å²) in [5, 5.41) is 9.48. The molecular weight excluding hydrogens is 297 g/mol. The molecule has 0 radical (unpaired) electrons. The standard InChI is InChI=1S/C14H18FNO4S/c15-11-5-7-12(8-6-11)21(19,20)16-14(13(17)18)9-3-1-2-4-10-14/h5-8,16H,1-4,9-10H2,(H,17,18). The van der Waals surface area contributed by atoms with Gasteiger partial charge in [0.05, 0.1) is 4.90 Å². The van der Waals surface area contributed by atoms with Crippen molar-refractivity contribution >= 4 is 16.0 Å². The minimum Gasteiger partial charge on any atom is -0.480 e. The number of benzene rings is 1. The van der Waals surface area contributed by atoms with Crippen LogP contribution in [0.4, 0.5) is 4.39 Å². The van der Waals surface area contributed by atoms with Gasteiger partial charge in [-0.3, -0.25) is 4.79 Å². The summed E-state index contributed by atoms with van der Waals surface area (Å²) in [5.41, 5.74) is -1.47. The number of hydrogen-bond donors (Lipinski definition) is 2. The topological polar surface area (TPSA) is 83.5 Å². The number of aliphatic carboxylic acids is 1. The Bertz CT molecular complexity index is 604. The molecule has 116 valence electrons. The lowest BCUT2D eigenvalue weighted by Gasteiger charge is -2.28. The first-order valence-electron chi connectivity index (χ1n) is 6.89. The minimum absolute atomic E-state index is 0.131.